The number of nitrogens with zero attached hydrogens (tertiary/aromatic N) is 2. The van der Waals surface area contributed by atoms with Gasteiger partial charge < -0.3 is 15.8 Å². The Bertz CT molecular complexity index is 598. The third-order valence-electron chi connectivity index (χ3n) is 2.60. The van der Waals surface area contributed by atoms with Gasteiger partial charge in [-0.2, -0.15) is 0 Å². The van der Waals surface area contributed by atoms with Gasteiger partial charge in [0, 0.05) is 11.9 Å². The van der Waals surface area contributed by atoms with Gasteiger partial charge in [-0.05, 0) is 36.4 Å². The van der Waals surface area contributed by atoms with Crippen LogP contribution >= 0.6 is 0 Å². The standard InChI is InChI=1S/C14H15FN4O/c1-20-11-6-4-10(5-7-11)19-14(16)18-9-13-12(15)3-2-8-17-13/h2-8H,9H2,1H3,(H3,16,18,19). The molecule has 5 nitrogen and oxygen atoms in total. The predicted octanol–water partition coefficient (Wildman–Crippen LogP) is 2.16. The second-order valence-corrected chi connectivity index (χ2v) is 3.99. The molecule has 104 valence electrons. The molecule has 0 saturated carbocycles. The second-order valence-electron chi connectivity index (χ2n) is 3.99. The molecule has 0 spiro atoms. The molecular weight excluding hydrogens is 259 g/mol. The molecule has 2 rings (SSSR count). The van der Waals surface area contributed by atoms with Crippen molar-refractivity contribution in [2.75, 3.05) is 12.4 Å². The van der Waals surface area contributed by atoms with Crippen molar-refractivity contribution >= 4 is 11.6 Å². The van der Waals surface area contributed by atoms with Crippen LogP contribution < -0.4 is 15.8 Å². The first-order valence-corrected chi connectivity index (χ1v) is 5.99. The normalized spacial score (nSPS) is 11.2. The summed E-state index contributed by atoms with van der Waals surface area (Å²) in [5.41, 5.74) is 6.76. The van der Waals surface area contributed by atoms with Crippen LogP contribution in [0.25, 0.3) is 0 Å². The molecule has 0 aliphatic carbocycles. The lowest BCUT2D eigenvalue weighted by atomic mass is 10.3. The molecule has 1 heterocycles. The number of halogens is 1. The summed E-state index contributed by atoms with van der Waals surface area (Å²) in [7, 11) is 1.60. The van der Waals surface area contributed by atoms with Crippen molar-refractivity contribution in [3.8, 4) is 5.75 Å². The fourth-order valence-electron chi connectivity index (χ4n) is 1.56. The largest absolute Gasteiger partial charge is 0.497 e. The summed E-state index contributed by atoms with van der Waals surface area (Å²) >= 11 is 0. The van der Waals surface area contributed by atoms with Crippen molar-refractivity contribution in [1.29, 1.82) is 0 Å². The Kier molecular flexibility index (Phi) is 4.49. The van der Waals surface area contributed by atoms with E-state index in [0.717, 1.165) is 11.4 Å². The Hall–Kier alpha value is -2.63. The summed E-state index contributed by atoms with van der Waals surface area (Å²) < 4.78 is 18.4. The number of pyridine rings is 1. The van der Waals surface area contributed by atoms with Crippen LogP contribution in [0.15, 0.2) is 47.6 Å². The van der Waals surface area contributed by atoms with Gasteiger partial charge in [0.25, 0.3) is 0 Å². The second kappa shape index (κ2) is 6.51. The highest BCUT2D eigenvalue weighted by atomic mass is 19.1. The zero-order valence-corrected chi connectivity index (χ0v) is 11.0. The molecule has 0 fully saturated rings. The number of ether oxygens (including phenoxy) is 1. The molecule has 0 amide bonds. The van der Waals surface area contributed by atoms with Gasteiger partial charge in [-0.1, -0.05) is 0 Å². The first-order chi connectivity index (χ1) is 9.69. The molecule has 6 heteroatoms. The van der Waals surface area contributed by atoms with E-state index < -0.39 is 5.82 Å². The average molecular weight is 274 g/mol. The van der Waals surface area contributed by atoms with E-state index in [1.165, 1.54) is 18.3 Å². The molecule has 0 aliphatic rings. The maximum atomic E-state index is 13.3. The number of guanidine groups is 1. The van der Waals surface area contributed by atoms with Gasteiger partial charge >= 0.3 is 0 Å². The molecule has 0 bridgehead atoms. The van der Waals surface area contributed by atoms with Gasteiger partial charge in [0.05, 0.1) is 19.3 Å². The van der Waals surface area contributed by atoms with Crippen molar-refractivity contribution in [3.63, 3.8) is 0 Å². The maximum Gasteiger partial charge on any atom is 0.193 e. The van der Waals surface area contributed by atoms with E-state index in [2.05, 4.69) is 15.3 Å². The number of hydrogen-bond donors (Lipinski definition) is 2. The Morgan fingerprint density at radius 2 is 2.10 bits per heavy atom. The van der Waals surface area contributed by atoms with Gasteiger partial charge in [0.15, 0.2) is 5.96 Å². The topological polar surface area (TPSA) is 72.5 Å². The molecule has 0 unspecified atom stereocenters. The minimum atomic E-state index is -0.395. The zero-order chi connectivity index (χ0) is 14.4. The number of hydrogen-bond acceptors (Lipinski definition) is 3. The van der Waals surface area contributed by atoms with Crippen LogP contribution in [-0.4, -0.2) is 18.1 Å². The van der Waals surface area contributed by atoms with Crippen molar-refractivity contribution < 1.29 is 9.13 Å². The van der Waals surface area contributed by atoms with Gasteiger partial charge in [-0.15, -0.1) is 0 Å². The van der Waals surface area contributed by atoms with Crippen LogP contribution in [0.3, 0.4) is 0 Å². The Labute approximate surface area is 116 Å². The van der Waals surface area contributed by atoms with Gasteiger partial charge in [-0.25, -0.2) is 9.38 Å². The smallest absolute Gasteiger partial charge is 0.193 e. The van der Waals surface area contributed by atoms with Crippen molar-refractivity contribution in [2.45, 2.75) is 6.54 Å². The highest BCUT2D eigenvalue weighted by molar-refractivity contribution is 5.92. The molecule has 0 radical (unpaired) electrons. The number of nitrogens with two attached hydrogens (primary N) is 1. The summed E-state index contributed by atoms with van der Waals surface area (Å²) in [6, 6.07) is 10.1. The summed E-state index contributed by atoms with van der Waals surface area (Å²) in [5, 5.41) is 2.90. The Morgan fingerprint density at radius 1 is 1.35 bits per heavy atom. The molecule has 0 saturated heterocycles. The lowest BCUT2D eigenvalue weighted by Crippen LogP contribution is -2.22. The Balaban J connectivity index is 1.98. The first kappa shape index (κ1) is 13.8. The third kappa shape index (κ3) is 3.68. The van der Waals surface area contributed by atoms with E-state index >= 15 is 0 Å². The van der Waals surface area contributed by atoms with Gasteiger partial charge in [-0.3, -0.25) is 4.98 Å². The van der Waals surface area contributed by atoms with E-state index in [1.807, 2.05) is 12.1 Å². The summed E-state index contributed by atoms with van der Waals surface area (Å²) in [4.78, 5) is 7.94. The summed E-state index contributed by atoms with van der Waals surface area (Å²) in [5.74, 6) is 0.551. The van der Waals surface area contributed by atoms with Crippen LogP contribution in [0.2, 0.25) is 0 Å². The van der Waals surface area contributed by atoms with E-state index in [-0.39, 0.29) is 18.2 Å². The minimum absolute atomic E-state index is 0.0850. The van der Waals surface area contributed by atoms with E-state index in [1.54, 1.807) is 19.2 Å². The highest BCUT2D eigenvalue weighted by Gasteiger charge is 2.01. The number of methoxy groups -OCH3 is 1. The molecule has 20 heavy (non-hydrogen) atoms. The lowest BCUT2D eigenvalue weighted by molar-refractivity contribution is 0.415. The quantitative estimate of drug-likeness (QED) is 0.662. The SMILES string of the molecule is COc1ccc(NC(N)=NCc2ncccc2F)cc1. The number of benzene rings is 1. The average Bonchev–Trinajstić information content (AvgIpc) is 2.47. The molecule has 3 N–H and O–H groups in total. The summed E-state index contributed by atoms with van der Waals surface area (Å²) in [6.45, 7) is 0.0850. The van der Waals surface area contributed by atoms with E-state index in [4.69, 9.17) is 10.5 Å². The number of anilines is 1. The molecule has 2 aromatic rings. The molecule has 0 aliphatic heterocycles. The fourth-order valence-corrected chi connectivity index (χ4v) is 1.56. The molecule has 0 atom stereocenters. The van der Waals surface area contributed by atoms with Gasteiger partial charge in [0.2, 0.25) is 0 Å². The Morgan fingerprint density at radius 3 is 2.75 bits per heavy atom. The predicted molar refractivity (Wildman–Crippen MR) is 76.1 cm³/mol. The maximum absolute atomic E-state index is 13.3. The highest BCUT2D eigenvalue weighted by Crippen LogP contribution is 2.14. The minimum Gasteiger partial charge on any atom is -0.497 e. The number of nitrogens with one attached hydrogen (secondary N) is 1. The van der Waals surface area contributed by atoms with Crippen molar-refractivity contribution in [1.82, 2.24) is 4.98 Å². The lowest BCUT2D eigenvalue weighted by Gasteiger charge is -2.06. The number of aromatic nitrogens is 1. The van der Waals surface area contributed by atoms with E-state index in [0.29, 0.717) is 0 Å². The first-order valence-electron chi connectivity index (χ1n) is 5.99. The van der Waals surface area contributed by atoms with Crippen molar-refractivity contribution in [3.05, 3.63) is 54.1 Å². The summed E-state index contributed by atoms with van der Waals surface area (Å²) in [6.07, 6.45) is 1.51. The molecular formula is C14H15FN4O. The van der Waals surface area contributed by atoms with E-state index in [9.17, 15) is 4.39 Å². The molecule has 1 aromatic heterocycles. The third-order valence-corrected chi connectivity index (χ3v) is 2.60. The monoisotopic (exact) mass is 274 g/mol. The van der Waals surface area contributed by atoms with Crippen LogP contribution in [-0.2, 0) is 6.54 Å². The van der Waals surface area contributed by atoms with Crippen LogP contribution in [0.4, 0.5) is 10.1 Å². The zero-order valence-electron chi connectivity index (χ0n) is 11.0. The fraction of sp³-hybridized carbons (Fsp3) is 0.143. The van der Waals surface area contributed by atoms with Crippen molar-refractivity contribution in [2.24, 2.45) is 10.7 Å². The van der Waals surface area contributed by atoms with Crippen LogP contribution in [0, 0.1) is 5.82 Å². The van der Waals surface area contributed by atoms with Crippen LogP contribution in [0.1, 0.15) is 5.69 Å². The molecule has 1 aromatic carbocycles. The van der Waals surface area contributed by atoms with Gasteiger partial charge in [0.1, 0.15) is 11.6 Å². The number of rotatable bonds is 4. The number of aliphatic imine (C=N–C) groups is 1. The van der Waals surface area contributed by atoms with Crippen LogP contribution in [0.5, 0.6) is 5.75 Å².